The van der Waals surface area contributed by atoms with Gasteiger partial charge in [0.15, 0.2) is 0 Å². The molecule has 0 saturated carbocycles. The number of nitrogen functional groups attached to an aromatic ring is 1. The Kier molecular flexibility index (Phi) is 2.96. The Morgan fingerprint density at radius 1 is 0.875 bits per heavy atom. The fourth-order valence-corrected chi connectivity index (χ4v) is 1.40. The number of rotatable bonds is 3. The summed E-state index contributed by atoms with van der Waals surface area (Å²) in [5.41, 5.74) is 6.34. The summed E-state index contributed by atoms with van der Waals surface area (Å²) in [6.45, 7) is 0. The Morgan fingerprint density at radius 2 is 1.56 bits per heavy atom. The number of hydrogen-bond acceptors (Lipinski definition) is 3. The predicted molar refractivity (Wildman–Crippen MR) is 63.9 cm³/mol. The van der Waals surface area contributed by atoms with Crippen molar-refractivity contribution in [3.05, 3.63) is 48.5 Å². The zero-order valence-electron chi connectivity index (χ0n) is 9.01. The molecule has 0 amide bonds. The summed E-state index contributed by atoms with van der Waals surface area (Å²) < 4.78 is 10.8. The van der Waals surface area contributed by atoms with Crippen molar-refractivity contribution in [2.24, 2.45) is 0 Å². The van der Waals surface area contributed by atoms with Gasteiger partial charge in [0, 0.05) is 23.9 Å². The lowest BCUT2D eigenvalue weighted by Gasteiger charge is -2.08. The summed E-state index contributed by atoms with van der Waals surface area (Å²) in [5.74, 6) is 2.13. The minimum absolute atomic E-state index is 0.616. The Labute approximate surface area is 94.4 Å². The van der Waals surface area contributed by atoms with Crippen LogP contribution in [-0.2, 0) is 0 Å². The third kappa shape index (κ3) is 2.45. The average Bonchev–Trinajstić information content (AvgIpc) is 2.29. The molecule has 0 radical (unpaired) electrons. The minimum atomic E-state index is 0.616. The number of methoxy groups -OCH3 is 1. The van der Waals surface area contributed by atoms with Gasteiger partial charge < -0.3 is 15.2 Å². The summed E-state index contributed by atoms with van der Waals surface area (Å²) in [4.78, 5) is 0. The van der Waals surface area contributed by atoms with Crippen LogP contribution in [-0.4, -0.2) is 7.11 Å². The summed E-state index contributed by atoms with van der Waals surface area (Å²) in [7, 11) is 1.60. The van der Waals surface area contributed by atoms with Crippen LogP contribution >= 0.6 is 0 Å². The van der Waals surface area contributed by atoms with Gasteiger partial charge in [0.1, 0.15) is 17.2 Å². The molecule has 0 aliphatic heterocycles. The van der Waals surface area contributed by atoms with Crippen molar-refractivity contribution in [3.63, 3.8) is 0 Å². The number of hydrogen-bond donors (Lipinski definition) is 1. The van der Waals surface area contributed by atoms with Crippen LogP contribution in [0.25, 0.3) is 0 Å². The molecule has 2 aromatic rings. The highest BCUT2D eigenvalue weighted by molar-refractivity contribution is 5.51. The quantitative estimate of drug-likeness (QED) is 0.800. The molecule has 0 heterocycles. The second kappa shape index (κ2) is 4.57. The van der Waals surface area contributed by atoms with E-state index in [4.69, 9.17) is 15.2 Å². The molecule has 0 fully saturated rings. The monoisotopic (exact) mass is 215 g/mol. The third-order valence-electron chi connectivity index (χ3n) is 2.12. The minimum Gasteiger partial charge on any atom is -0.497 e. The second-order valence-corrected chi connectivity index (χ2v) is 3.36. The molecule has 0 atom stereocenters. The molecule has 82 valence electrons. The van der Waals surface area contributed by atoms with Crippen LogP contribution in [0.1, 0.15) is 0 Å². The first-order valence-corrected chi connectivity index (χ1v) is 4.95. The van der Waals surface area contributed by atoms with Gasteiger partial charge in [0.2, 0.25) is 0 Å². The highest BCUT2D eigenvalue weighted by Gasteiger charge is 2.01. The van der Waals surface area contributed by atoms with Gasteiger partial charge in [-0.2, -0.15) is 0 Å². The lowest BCUT2D eigenvalue weighted by Crippen LogP contribution is -1.91. The molecule has 2 N–H and O–H groups in total. The predicted octanol–water partition coefficient (Wildman–Crippen LogP) is 3.07. The summed E-state index contributed by atoms with van der Waals surface area (Å²) in [6.07, 6.45) is 0. The molecular weight excluding hydrogens is 202 g/mol. The van der Waals surface area contributed by atoms with Gasteiger partial charge in [-0.3, -0.25) is 0 Å². The molecule has 2 aromatic carbocycles. The lowest BCUT2D eigenvalue weighted by atomic mass is 10.3. The van der Waals surface area contributed by atoms with Crippen LogP contribution in [0.4, 0.5) is 5.69 Å². The van der Waals surface area contributed by atoms with Crippen LogP contribution in [0.3, 0.4) is 0 Å². The van der Waals surface area contributed by atoms with Gasteiger partial charge in [-0.15, -0.1) is 0 Å². The summed E-state index contributed by atoms with van der Waals surface area (Å²) >= 11 is 0. The van der Waals surface area contributed by atoms with Gasteiger partial charge in [-0.25, -0.2) is 0 Å². The van der Waals surface area contributed by atoms with Crippen LogP contribution < -0.4 is 15.2 Å². The zero-order valence-corrected chi connectivity index (χ0v) is 9.01. The van der Waals surface area contributed by atoms with E-state index in [2.05, 4.69) is 0 Å². The van der Waals surface area contributed by atoms with E-state index >= 15 is 0 Å². The van der Waals surface area contributed by atoms with Gasteiger partial charge in [-0.05, 0) is 12.1 Å². The average molecular weight is 215 g/mol. The van der Waals surface area contributed by atoms with E-state index in [0.717, 1.165) is 5.75 Å². The van der Waals surface area contributed by atoms with Crippen molar-refractivity contribution in [2.75, 3.05) is 12.8 Å². The van der Waals surface area contributed by atoms with Gasteiger partial charge in [-0.1, -0.05) is 18.2 Å². The highest BCUT2D eigenvalue weighted by atomic mass is 16.5. The number of benzene rings is 2. The Balaban J connectivity index is 2.24. The number of nitrogens with two attached hydrogens (primary N) is 1. The lowest BCUT2D eigenvalue weighted by molar-refractivity contribution is 0.409. The van der Waals surface area contributed by atoms with E-state index in [9.17, 15) is 0 Å². The largest absolute Gasteiger partial charge is 0.497 e. The van der Waals surface area contributed by atoms with E-state index in [0.29, 0.717) is 17.2 Å². The highest BCUT2D eigenvalue weighted by Crippen LogP contribution is 2.28. The Hall–Kier alpha value is -2.16. The molecule has 0 saturated heterocycles. The summed E-state index contributed by atoms with van der Waals surface area (Å²) in [6, 6.07) is 14.8. The molecule has 16 heavy (non-hydrogen) atoms. The van der Waals surface area contributed by atoms with Crippen LogP contribution in [0.5, 0.6) is 17.2 Å². The molecular formula is C13H13NO2. The van der Waals surface area contributed by atoms with Crippen molar-refractivity contribution in [1.29, 1.82) is 0 Å². The maximum absolute atomic E-state index is 5.73. The van der Waals surface area contributed by atoms with Crippen molar-refractivity contribution < 1.29 is 9.47 Å². The molecule has 0 spiro atoms. The number of ether oxygens (including phenoxy) is 2. The van der Waals surface area contributed by atoms with Gasteiger partial charge >= 0.3 is 0 Å². The van der Waals surface area contributed by atoms with Crippen LogP contribution in [0, 0.1) is 0 Å². The van der Waals surface area contributed by atoms with E-state index in [1.807, 2.05) is 30.3 Å². The Bertz CT molecular complexity index is 469. The van der Waals surface area contributed by atoms with Crippen LogP contribution in [0.2, 0.25) is 0 Å². The van der Waals surface area contributed by atoms with Crippen LogP contribution in [0.15, 0.2) is 48.5 Å². The second-order valence-electron chi connectivity index (χ2n) is 3.36. The Morgan fingerprint density at radius 3 is 2.25 bits per heavy atom. The van der Waals surface area contributed by atoms with Crippen molar-refractivity contribution in [1.82, 2.24) is 0 Å². The van der Waals surface area contributed by atoms with Crippen molar-refractivity contribution >= 4 is 5.69 Å². The molecule has 0 bridgehead atoms. The number of para-hydroxylation sites is 1. The van der Waals surface area contributed by atoms with E-state index in [-0.39, 0.29) is 0 Å². The molecule has 0 aliphatic carbocycles. The third-order valence-corrected chi connectivity index (χ3v) is 2.12. The maximum atomic E-state index is 5.73. The fraction of sp³-hybridized carbons (Fsp3) is 0.0769. The van der Waals surface area contributed by atoms with Gasteiger partial charge in [0.05, 0.1) is 7.11 Å². The van der Waals surface area contributed by atoms with E-state index in [1.54, 1.807) is 25.3 Å². The molecule has 0 aromatic heterocycles. The van der Waals surface area contributed by atoms with Crippen molar-refractivity contribution in [2.45, 2.75) is 0 Å². The van der Waals surface area contributed by atoms with E-state index in [1.165, 1.54) is 0 Å². The zero-order chi connectivity index (χ0) is 11.4. The summed E-state index contributed by atoms with van der Waals surface area (Å²) in [5, 5.41) is 0. The standard InChI is InChI=1S/C13H13NO2/c1-15-12-7-10(14)8-13(9-12)16-11-5-3-2-4-6-11/h2-9H,14H2,1H3. The topological polar surface area (TPSA) is 44.5 Å². The van der Waals surface area contributed by atoms with E-state index < -0.39 is 0 Å². The number of anilines is 1. The molecule has 3 nitrogen and oxygen atoms in total. The first-order valence-electron chi connectivity index (χ1n) is 4.95. The first kappa shape index (κ1) is 10.4. The SMILES string of the molecule is COc1cc(N)cc(Oc2ccccc2)c1. The molecule has 0 unspecified atom stereocenters. The van der Waals surface area contributed by atoms with Gasteiger partial charge in [0.25, 0.3) is 0 Å². The smallest absolute Gasteiger partial charge is 0.133 e. The fourth-order valence-electron chi connectivity index (χ4n) is 1.40. The maximum Gasteiger partial charge on any atom is 0.133 e. The first-order chi connectivity index (χ1) is 7.78. The van der Waals surface area contributed by atoms with Crippen molar-refractivity contribution in [3.8, 4) is 17.2 Å². The molecule has 2 rings (SSSR count). The molecule has 0 aliphatic rings. The normalized spacial score (nSPS) is 9.81. The molecule has 3 heteroatoms.